The Labute approximate surface area is 178 Å². The summed E-state index contributed by atoms with van der Waals surface area (Å²) in [5.41, 5.74) is 4.36. The Bertz CT molecular complexity index is 889. The van der Waals surface area contributed by atoms with Crippen molar-refractivity contribution in [2.24, 2.45) is 0 Å². The maximum atomic E-state index is 12.6. The largest absolute Gasteiger partial charge is 0.496 e. The molecule has 0 aliphatic heterocycles. The fourth-order valence-corrected chi connectivity index (χ4v) is 3.63. The Morgan fingerprint density at radius 3 is 2.17 bits per heavy atom. The van der Waals surface area contributed by atoms with E-state index in [0.29, 0.717) is 35.0 Å². The molecule has 0 spiro atoms. The van der Waals surface area contributed by atoms with Gasteiger partial charge in [0.1, 0.15) is 29.6 Å². The molecule has 30 heavy (non-hydrogen) atoms. The lowest BCUT2D eigenvalue weighted by molar-refractivity contribution is -0.121. The maximum absolute atomic E-state index is 12.6. The number of hydrogen-bond acceptors (Lipinski definition) is 7. The average molecular weight is 435 g/mol. The van der Waals surface area contributed by atoms with E-state index in [1.165, 1.54) is 0 Å². The summed E-state index contributed by atoms with van der Waals surface area (Å²) in [6, 6.07) is 8.88. The number of amides is 1. The van der Waals surface area contributed by atoms with Crippen LogP contribution in [0.5, 0.6) is 23.0 Å². The van der Waals surface area contributed by atoms with E-state index in [0.717, 1.165) is 11.1 Å². The molecule has 0 saturated heterocycles. The molecular weight excluding hydrogens is 410 g/mol. The van der Waals surface area contributed by atoms with Gasteiger partial charge in [-0.15, -0.1) is 0 Å². The van der Waals surface area contributed by atoms with Crippen LogP contribution in [0, 0.1) is 0 Å². The first-order valence-electron chi connectivity index (χ1n) is 8.88. The van der Waals surface area contributed by atoms with Gasteiger partial charge < -0.3 is 18.9 Å². The zero-order valence-corrected chi connectivity index (χ0v) is 18.1. The first-order valence-corrected chi connectivity index (χ1v) is 10.3. The number of carbonyl (C=O) groups excluding carboxylic acids is 1. The van der Waals surface area contributed by atoms with E-state index < -0.39 is 10.8 Å². The van der Waals surface area contributed by atoms with Gasteiger partial charge in [0, 0.05) is 23.1 Å². The summed E-state index contributed by atoms with van der Waals surface area (Å²) < 4.78 is 34.0. The van der Waals surface area contributed by atoms with Gasteiger partial charge >= 0.3 is 0 Å². The second-order valence-corrected chi connectivity index (χ2v) is 7.27. The highest BCUT2D eigenvalue weighted by molar-refractivity contribution is 7.87. The zero-order valence-electron chi connectivity index (χ0n) is 17.3. The van der Waals surface area contributed by atoms with Crippen LogP contribution in [-0.2, 0) is 32.8 Å². The Morgan fingerprint density at radius 2 is 1.60 bits per heavy atom. The monoisotopic (exact) mass is 435 g/mol. The molecule has 0 saturated carbocycles. The third kappa shape index (κ3) is 6.23. The van der Waals surface area contributed by atoms with E-state index in [9.17, 15) is 9.00 Å². The molecule has 0 radical (unpaired) electrons. The van der Waals surface area contributed by atoms with Gasteiger partial charge in [0.2, 0.25) is 6.41 Å². The van der Waals surface area contributed by atoms with Crippen molar-refractivity contribution in [3.05, 3.63) is 52.4 Å². The molecule has 1 amide bonds. The summed E-state index contributed by atoms with van der Waals surface area (Å²) in [7, 11) is 4.89. The van der Waals surface area contributed by atoms with Crippen molar-refractivity contribution in [2.75, 3.05) is 28.4 Å². The Morgan fingerprint density at radius 1 is 0.933 bits per heavy atom. The second kappa shape index (κ2) is 11.8. The minimum Gasteiger partial charge on any atom is -0.496 e. The van der Waals surface area contributed by atoms with Crippen LogP contribution in [0.15, 0.2) is 35.7 Å². The van der Waals surface area contributed by atoms with Crippen LogP contribution in [0.25, 0.3) is 6.08 Å². The SMILES string of the molecule is COc1cc(OC)c(/C=C/S(=O)Cc2ccc(OC)c(CONC=O)c2)c(OC)c1. The Kier molecular flexibility index (Phi) is 9.17. The van der Waals surface area contributed by atoms with E-state index >= 15 is 0 Å². The number of rotatable bonds is 12. The standard InChI is InChI=1S/C21H25NO7S/c1-25-17-10-20(27-3)18(21(11-17)28-4)7-8-30(24)13-15-5-6-19(26-2)16(9-15)12-29-22-14-23/h5-11,14H,12-13H2,1-4H3,(H,22,23)/b8-7+. The number of methoxy groups -OCH3 is 4. The molecule has 0 aromatic heterocycles. The number of benzene rings is 2. The predicted octanol–water partition coefficient (Wildman–Crippen LogP) is 2.82. The summed E-state index contributed by atoms with van der Waals surface area (Å²) in [6.07, 6.45) is 2.15. The van der Waals surface area contributed by atoms with E-state index in [1.807, 2.05) is 12.1 Å². The summed E-state index contributed by atoms with van der Waals surface area (Å²) in [4.78, 5) is 15.4. The molecule has 0 heterocycles. The Hall–Kier alpha value is -3.04. The molecule has 2 aromatic carbocycles. The molecule has 0 aliphatic carbocycles. The fourth-order valence-electron chi connectivity index (χ4n) is 2.74. The van der Waals surface area contributed by atoms with Gasteiger partial charge in [-0.05, 0) is 23.8 Å². The quantitative estimate of drug-likeness (QED) is 0.311. The number of nitrogens with one attached hydrogen (secondary N) is 1. The zero-order chi connectivity index (χ0) is 21.9. The van der Waals surface area contributed by atoms with Crippen LogP contribution in [0.4, 0.5) is 0 Å². The van der Waals surface area contributed by atoms with E-state index in [4.69, 9.17) is 23.8 Å². The molecule has 2 rings (SSSR count). The van der Waals surface area contributed by atoms with Crippen LogP contribution in [0.2, 0.25) is 0 Å². The molecule has 0 aliphatic rings. The van der Waals surface area contributed by atoms with Gasteiger partial charge in [0.25, 0.3) is 0 Å². The Balaban J connectivity index is 2.18. The van der Waals surface area contributed by atoms with Gasteiger partial charge in [-0.3, -0.25) is 13.8 Å². The first-order chi connectivity index (χ1) is 14.6. The summed E-state index contributed by atoms with van der Waals surface area (Å²) in [6.45, 7) is 0.123. The number of carbonyl (C=O) groups is 1. The third-order valence-corrected chi connectivity index (χ3v) is 5.21. The lowest BCUT2D eigenvalue weighted by atomic mass is 10.1. The summed E-state index contributed by atoms with van der Waals surface area (Å²) in [5.74, 6) is 2.59. The summed E-state index contributed by atoms with van der Waals surface area (Å²) >= 11 is 0. The molecule has 162 valence electrons. The molecule has 8 nitrogen and oxygen atoms in total. The molecule has 1 atom stereocenters. The van der Waals surface area contributed by atoms with Crippen molar-refractivity contribution in [1.29, 1.82) is 0 Å². The van der Waals surface area contributed by atoms with Crippen molar-refractivity contribution in [3.8, 4) is 23.0 Å². The van der Waals surface area contributed by atoms with Crippen LogP contribution < -0.4 is 24.4 Å². The van der Waals surface area contributed by atoms with Gasteiger partial charge in [0.15, 0.2) is 0 Å². The van der Waals surface area contributed by atoms with E-state index in [2.05, 4.69) is 5.48 Å². The minimum absolute atomic E-state index is 0.123. The van der Waals surface area contributed by atoms with Crippen molar-refractivity contribution < 1.29 is 32.8 Å². The van der Waals surface area contributed by atoms with Crippen molar-refractivity contribution in [2.45, 2.75) is 12.4 Å². The van der Waals surface area contributed by atoms with Gasteiger partial charge in [-0.1, -0.05) is 6.07 Å². The number of hydroxylamine groups is 1. The molecule has 1 unspecified atom stereocenters. The molecule has 9 heteroatoms. The van der Waals surface area contributed by atoms with Crippen LogP contribution in [0.1, 0.15) is 16.7 Å². The highest BCUT2D eigenvalue weighted by Crippen LogP contribution is 2.35. The normalized spacial score (nSPS) is 11.7. The summed E-state index contributed by atoms with van der Waals surface area (Å²) in [5, 5.41) is 1.58. The smallest absolute Gasteiger partial charge is 0.230 e. The average Bonchev–Trinajstić information content (AvgIpc) is 2.77. The molecular formula is C21H25NO7S. The van der Waals surface area contributed by atoms with Crippen LogP contribution >= 0.6 is 0 Å². The van der Waals surface area contributed by atoms with Crippen LogP contribution in [0.3, 0.4) is 0 Å². The molecule has 0 fully saturated rings. The highest BCUT2D eigenvalue weighted by Gasteiger charge is 2.12. The lowest BCUT2D eigenvalue weighted by Gasteiger charge is -2.12. The molecule has 0 bridgehead atoms. The first kappa shape index (κ1) is 23.2. The predicted molar refractivity (Wildman–Crippen MR) is 114 cm³/mol. The molecule has 2 aromatic rings. The van der Waals surface area contributed by atoms with Gasteiger partial charge in [-0.25, -0.2) is 5.48 Å². The van der Waals surface area contributed by atoms with Crippen molar-refractivity contribution in [3.63, 3.8) is 0 Å². The number of ether oxygens (including phenoxy) is 4. The van der Waals surface area contributed by atoms with E-state index in [-0.39, 0.29) is 12.4 Å². The number of hydrogen-bond donors (Lipinski definition) is 1. The van der Waals surface area contributed by atoms with Crippen molar-refractivity contribution in [1.82, 2.24) is 5.48 Å². The highest BCUT2D eigenvalue weighted by atomic mass is 32.2. The van der Waals surface area contributed by atoms with Crippen molar-refractivity contribution >= 4 is 23.3 Å². The van der Waals surface area contributed by atoms with Gasteiger partial charge in [-0.2, -0.15) is 0 Å². The maximum Gasteiger partial charge on any atom is 0.230 e. The minimum atomic E-state index is -1.30. The van der Waals surface area contributed by atoms with Gasteiger partial charge in [0.05, 0.1) is 50.6 Å². The third-order valence-electron chi connectivity index (χ3n) is 4.15. The van der Waals surface area contributed by atoms with Crippen LogP contribution in [-0.4, -0.2) is 39.1 Å². The second-order valence-electron chi connectivity index (χ2n) is 5.94. The molecule has 1 N–H and O–H groups in total. The fraction of sp³-hybridized carbons (Fsp3) is 0.286. The lowest BCUT2D eigenvalue weighted by Crippen LogP contribution is -2.11. The topological polar surface area (TPSA) is 92.3 Å². The van der Waals surface area contributed by atoms with E-state index in [1.54, 1.807) is 58.1 Å².